The number of nitro groups is 1. The maximum absolute atomic E-state index is 12.2. The van der Waals surface area contributed by atoms with E-state index >= 15 is 0 Å². The third-order valence-electron chi connectivity index (χ3n) is 3.81. The Morgan fingerprint density at radius 2 is 1.68 bits per heavy atom. The molecular weight excluding hydrogens is 328 g/mol. The van der Waals surface area contributed by atoms with E-state index in [0.717, 1.165) is 18.9 Å². The first-order valence-electron chi connectivity index (χ1n) is 7.75. The van der Waals surface area contributed by atoms with E-state index in [-0.39, 0.29) is 11.8 Å². The Labute approximate surface area is 142 Å². The van der Waals surface area contributed by atoms with Crippen LogP contribution in [0.2, 0.25) is 0 Å². The van der Waals surface area contributed by atoms with Crippen LogP contribution in [0.5, 0.6) is 0 Å². The molecule has 0 unspecified atom stereocenters. The Kier molecular flexibility index (Phi) is 4.64. The molecule has 0 aliphatic carbocycles. The monoisotopic (exact) mass is 344 g/mol. The molecule has 25 heavy (non-hydrogen) atoms. The van der Waals surface area contributed by atoms with Crippen molar-refractivity contribution >= 4 is 29.2 Å². The van der Waals surface area contributed by atoms with Gasteiger partial charge in [0.25, 0.3) is 5.91 Å². The van der Waals surface area contributed by atoms with E-state index in [4.69, 9.17) is 4.42 Å². The van der Waals surface area contributed by atoms with Crippen molar-refractivity contribution in [1.29, 1.82) is 0 Å². The smallest absolute Gasteiger partial charge is 0.395 e. The van der Waals surface area contributed by atoms with Crippen LogP contribution in [0.4, 0.5) is 22.1 Å². The Morgan fingerprint density at radius 1 is 1.04 bits per heavy atom. The fraction of sp³-hybridized carbons (Fsp3) is 0.250. The second-order valence-electron chi connectivity index (χ2n) is 5.52. The molecule has 0 spiro atoms. The Hall–Kier alpha value is -3.36. The average Bonchev–Trinajstić information content (AvgIpc) is 3.28. The predicted molar refractivity (Wildman–Crippen MR) is 89.6 cm³/mol. The van der Waals surface area contributed by atoms with E-state index in [1.54, 1.807) is 29.2 Å². The molecular formula is C16H16N4O5. The van der Waals surface area contributed by atoms with Crippen LogP contribution in [0.25, 0.3) is 0 Å². The lowest BCUT2D eigenvalue weighted by molar-refractivity contribution is -0.402. The Balaban J connectivity index is 1.72. The van der Waals surface area contributed by atoms with Crippen molar-refractivity contribution in [1.82, 2.24) is 4.90 Å². The summed E-state index contributed by atoms with van der Waals surface area (Å²) in [4.78, 5) is 36.0. The number of hydrogen-bond donors (Lipinski definition) is 2. The van der Waals surface area contributed by atoms with Crippen LogP contribution >= 0.6 is 0 Å². The topological polar surface area (TPSA) is 118 Å². The molecule has 1 aromatic carbocycles. The van der Waals surface area contributed by atoms with Gasteiger partial charge >= 0.3 is 11.9 Å². The lowest BCUT2D eigenvalue weighted by atomic mass is 10.2. The van der Waals surface area contributed by atoms with Gasteiger partial charge in [0.05, 0.1) is 17.4 Å². The zero-order valence-corrected chi connectivity index (χ0v) is 13.2. The SMILES string of the molecule is O=C(Nc1ccccc1NC(=O)N1CCCC1)c1ccc([N+](=O)[O-])o1. The number of nitrogens with zero attached hydrogens (tertiary/aromatic N) is 2. The average molecular weight is 344 g/mol. The van der Waals surface area contributed by atoms with Gasteiger partial charge in [0, 0.05) is 13.1 Å². The predicted octanol–water partition coefficient (Wildman–Crippen LogP) is 3.07. The van der Waals surface area contributed by atoms with Gasteiger partial charge in [-0.25, -0.2) is 4.79 Å². The molecule has 3 rings (SSSR count). The number of hydrogen-bond acceptors (Lipinski definition) is 5. The van der Waals surface area contributed by atoms with E-state index < -0.39 is 16.7 Å². The highest BCUT2D eigenvalue weighted by atomic mass is 16.6. The highest BCUT2D eigenvalue weighted by Gasteiger charge is 2.21. The summed E-state index contributed by atoms with van der Waals surface area (Å²) in [7, 11) is 0. The van der Waals surface area contributed by atoms with Crippen molar-refractivity contribution in [2.45, 2.75) is 12.8 Å². The summed E-state index contributed by atoms with van der Waals surface area (Å²) in [5, 5.41) is 16.0. The summed E-state index contributed by atoms with van der Waals surface area (Å²) in [6.45, 7) is 1.41. The highest BCUT2D eigenvalue weighted by molar-refractivity contribution is 6.05. The van der Waals surface area contributed by atoms with Crippen molar-refractivity contribution in [2.24, 2.45) is 0 Å². The van der Waals surface area contributed by atoms with E-state index in [9.17, 15) is 19.7 Å². The molecule has 0 atom stereocenters. The molecule has 3 amide bonds. The number of amides is 3. The van der Waals surface area contributed by atoms with Crippen molar-refractivity contribution in [3.05, 3.63) is 52.3 Å². The number of carbonyl (C=O) groups excluding carboxylic acids is 2. The van der Waals surface area contributed by atoms with E-state index in [2.05, 4.69) is 10.6 Å². The van der Waals surface area contributed by atoms with Gasteiger partial charge < -0.3 is 20.0 Å². The number of anilines is 2. The number of rotatable bonds is 4. The molecule has 1 aromatic heterocycles. The van der Waals surface area contributed by atoms with E-state index in [0.29, 0.717) is 24.5 Å². The fourth-order valence-corrected chi connectivity index (χ4v) is 2.55. The minimum atomic E-state index is -0.721. The first kappa shape index (κ1) is 16.5. The molecule has 1 saturated heterocycles. The second-order valence-corrected chi connectivity index (χ2v) is 5.52. The number of urea groups is 1. The minimum Gasteiger partial charge on any atom is -0.395 e. The van der Waals surface area contributed by atoms with Gasteiger partial charge in [-0.15, -0.1) is 0 Å². The van der Waals surface area contributed by atoms with Crippen LogP contribution in [-0.4, -0.2) is 34.9 Å². The van der Waals surface area contributed by atoms with Gasteiger partial charge in [-0.1, -0.05) is 12.1 Å². The van der Waals surface area contributed by atoms with Gasteiger partial charge in [-0.2, -0.15) is 0 Å². The fourth-order valence-electron chi connectivity index (χ4n) is 2.55. The number of para-hydroxylation sites is 2. The first-order valence-corrected chi connectivity index (χ1v) is 7.75. The third-order valence-corrected chi connectivity index (χ3v) is 3.81. The van der Waals surface area contributed by atoms with Crippen molar-refractivity contribution in [3.8, 4) is 0 Å². The van der Waals surface area contributed by atoms with Crippen LogP contribution in [0.15, 0.2) is 40.8 Å². The molecule has 0 saturated carbocycles. The highest BCUT2D eigenvalue weighted by Crippen LogP contribution is 2.24. The van der Waals surface area contributed by atoms with Crippen LogP contribution in [0, 0.1) is 10.1 Å². The molecule has 0 bridgehead atoms. The van der Waals surface area contributed by atoms with Crippen LogP contribution in [0.3, 0.4) is 0 Å². The van der Waals surface area contributed by atoms with Crippen molar-refractivity contribution in [2.75, 3.05) is 23.7 Å². The van der Waals surface area contributed by atoms with Gasteiger partial charge in [-0.05, 0) is 31.0 Å². The lowest BCUT2D eigenvalue weighted by Gasteiger charge is -2.18. The largest absolute Gasteiger partial charge is 0.433 e. The number of carbonyl (C=O) groups is 2. The summed E-state index contributed by atoms with van der Waals surface area (Å²) < 4.78 is 4.87. The Bertz CT molecular complexity index is 810. The molecule has 1 aliphatic heterocycles. The molecule has 2 N–H and O–H groups in total. The molecule has 1 aliphatic rings. The first-order chi connectivity index (χ1) is 12.0. The number of furan rings is 1. The standard InChI is InChI=1S/C16H16N4O5/c21-15(13-7-8-14(25-13)20(23)24)17-11-5-1-2-6-12(11)18-16(22)19-9-3-4-10-19/h1-2,5-8H,3-4,9-10H2,(H,17,21)(H,18,22). The third kappa shape index (κ3) is 3.77. The normalized spacial score (nSPS) is 13.5. The summed E-state index contributed by atoms with van der Waals surface area (Å²) in [5.74, 6) is -1.34. The zero-order chi connectivity index (χ0) is 17.8. The van der Waals surface area contributed by atoms with Crippen LogP contribution < -0.4 is 10.6 Å². The summed E-state index contributed by atoms with van der Waals surface area (Å²) in [6, 6.07) is 8.81. The molecule has 1 fully saturated rings. The summed E-state index contributed by atoms with van der Waals surface area (Å²) in [6.07, 6.45) is 1.95. The maximum Gasteiger partial charge on any atom is 0.433 e. The lowest BCUT2D eigenvalue weighted by Crippen LogP contribution is -2.32. The number of benzene rings is 1. The second kappa shape index (κ2) is 7.04. The molecule has 2 heterocycles. The molecule has 0 radical (unpaired) electrons. The summed E-state index contributed by atoms with van der Waals surface area (Å²) >= 11 is 0. The molecule has 2 aromatic rings. The van der Waals surface area contributed by atoms with Crippen molar-refractivity contribution in [3.63, 3.8) is 0 Å². The summed E-state index contributed by atoms with van der Waals surface area (Å²) in [5.41, 5.74) is 0.813. The van der Waals surface area contributed by atoms with Crippen LogP contribution in [-0.2, 0) is 0 Å². The number of nitrogens with one attached hydrogen (secondary N) is 2. The molecule has 130 valence electrons. The Morgan fingerprint density at radius 3 is 2.28 bits per heavy atom. The molecule has 9 heteroatoms. The quantitative estimate of drug-likeness (QED) is 0.653. The number of likely N-dealkylation sites (tertiary alicyclic amines) is 1. The zero-order valence-electron chi connectivity index (χ0n) is 13.2. The van der Waals surface area contributed by atoms with Crippen molar-refractivity contribution < 1.29 is 18.9 Å². The van der Waals surface area contributed by atoms with Gasteiger partial charge in [0.1, 0.15) is 4.92 Å². The minimum absolute atomic E-state index is 0.188. The molecule has 9 nitrogen and oxygen atoms in total. The maximum atomic E-state index is 12.2. The van der Waals surface area contributed by atoms with E-state index in [1.807, 2.05) is 0 Å². The van der Waals surface area contributed by atoms with Gasteiger partial charge in [0.15, 0.2) is 5.76 Å². The van der Waals surface area contributed by atoms with Gasteiger partial charge in [0.2, 0.25) is 0 Å². The van der Waals surface area contributed by atoms with Crippen LogP contribution in [0.1, 0.15) is 23.4 Å². The van der Waals surface area contributed by atoms with Gasteiger partial charge in [-0.3, -0.25) is 14.9 Å². The van der Waals surface area contributed by atoms with E-state index in [1.165, 1.54) is 6.07 Å².